The number of aliphatic hydroxyl groups is 1. The molecule has 3 nitrogen and oxygen atoms in total. The molecule has 1 atom stereocenters. The molecule has 0 amide bonds. The highest BCUT2D eigenvalue weighted by Gasteiger charge is 2.25. The van der Waals surface area contributed by atoms with Crippen molar-refractivity contribution in [3.05, 3.63) is 23.7 Å². The lowest BCUT2D eigenvalue weighted by molar-refractivity contribution is 0.187. The van der Waals surface area contributed by atoms with E-state index in [0.717, 1.165) is 5.56 Å². The van der Waals surface area contributed by atoms with Crippen LogP contribution < -0.4 is 5.73 Å². The summed E-state index contributed by atoms with van der Waals surface area (Å²) in [6.45, 7) is 3.53. The molecule has 0 saturated carbocycles. The Balaban J connectivity index is 3.00. The zero-order chi connectivity index (χ0) is 8.48. The molecular weight excluding hydrogens is 142 g/mol. The molecule has 3 N–H and O–H groups in total. The largest absolute Gasteiger partial charge is 0.467 e. The highest BCUT2D eigenvalue weighted by molar-refractivity contribution is 5.21. The normalized spacial score (nSPS) is 16.4. The van der Waals surface area contributed by atoms with E-state index in [-0.39, 0.29) is 6.61 Å². The number of hydrogen-bond donors (Lipinski definition) is 2. The Hall–Kier alpha value is -0.800. The first kappa shape index (κ1) is 8.30. The lowest BCUT2D eigenvalue weighted by atomic mass is 9.99. The summed E-state index contributed by atoms with van der Waals surface area (Å²) in [6, 6.07) is 1.83. The van der Waals surface area contributed by atoms with Gasteiger partial charge in [-0.2, -0.15) is 0 Å². The number of aryl methyl sites for hydroxylation is 1. The van der Waals surface area contributed by atoms with E-state index >= 15 is 0 Å². The molecule has 0 aliphatic rings. The number of furan rings is 1. The van der Waals surface area contributed by atoms with Gasteiger partial charge in [-0.15, -0.1) is 0 Å². The van der Waals surface area contributed by atoms with Gasteiger partial charge in [0.05, 0.1) is 18.4 Å². The summed E-state index contributed by atoms with van der Waals surface area (Å²) < 4.78 is 5.13. The van der Waals surface area contributed by atoms with Gasteiger partial charge in [0, 0.05) is 0 Å². The SMILES string of the molecule is Cc1ccoc1C(C)(N)CO. The van der Waals surface area contributed by atoms with Crippen molar-refractivity contribution in [1.82, 2.24) is 0 Å². The molecule has 0 radical (unpaired) electrons. The third-order valence-corrected chi connectivity index (χ3v) is 1.71. The van der Waals surface area contributed by atoms with Crippen molar-refractivity contribution in [2.75, 3.05) is 6.61 Å². The van der Waals surface area contributed by atoms with Crippen molar-refractivity contribution < 1.29 is 9.52 Å². The van der Waals surface area contributed by atoms with Crippen LogP contribution in [0, 0.1) is 6.92 Å². The van der Waals surface area contributed by atoms with Crippen LogP contribution in [0.4, 0.5) is 0 Å². The lowest BCUT2D eigenvalue weighted by Gasteiger charge is -2.19. The Morgan fingerprint density at radius 2 is 2.36 bits per heavy atom. The summed E-state index contributed by atoms with van der Waals surface area (Å²) in [5.41, 5.74) is 5.96. The van der Waals surface area contributed by atoms with Crippen LogP contribution >= 0.6 is 0 Å². The molecule has 1 unspecified atom stereocenters. The van der Waals surface area contributed by atoms with Gasteiger partial charge in [0.1, 0.15) is 5.76 Å². The molecule has 0 aromatic carbocycles. The summed E-state index contributed by atoms with van der Waals surface area (Å²) >= 11 is 0. The topological polar surface area (TPSA) is 59.4 Å². The standard InChI is InChI=1S/C8H13NO2/c1-6-3-4-11-7(6)8(2,9)5-10/h3-4,10H,5,9H2,1-2H3. The van der Waals surface area contributed by atoms with Gasteiger partial charge < -0.3 is 15.3 Å². The molecule has 0 aliphatic heterocycles. The molecular formula is C8H13NO2. The molecule has 0 spiro atoms. The van der Waals surface area contributed by atoms with Crippen molar-refractivity contribution in [2.45, 2.75) is 19.4 Å². The van der Waals surface area contributed by atoms with Gasteiger partial charge in [-0.25, -0.2) is 0 Å². The predicted octanol–water partition coefficient (Wildman–Crippen LogP) is 0.754. The van der Waals surface area contributed by atoms with Crippen LogP contribution in [0.15, 0.2) is 16.7 Å². The van der Waals surface area contributed by atoms with Crippen LogP contribution in [0.25, 0.3) is 0 Å². The molecule has 1 rings (SSSR count). The van der Waals surface area contributed by atoms with E-state index < -0.39 is 5.54 Å². The Labute approximate surface area is 65.8 Å². The van der Waals surface area contributed by atoms with Gasteiger partial charge in [0.25, 0.3) is 0 Å². The van der Waals surface area contributed by atoms with Crippen molar-refractivity contribution in [2.24, 2.45) is 5.73 Å². The highest BCUT2D eigenvalue weighted by atomic mass is 16.3. The second-order valence-electron chi connectivity index (χ2n) is 3.01. The minimum atomic E-state index is -0.756. The smallest absolute Gasteiger partial charge is 0.128 e. The van der Waals surface area contributed by atoms with Crippen LogP contribution in [0.2, 0.25) is 0 Å². The summed E-state index contributed by atoms with van der Waals surface area (Å²) in [5.74, 6) is 0.653. The Morgan fingerprint density at radius 1 is 1.73 bits per heavy atom. The van der Waals surface area contributed by atoms with Crippen LogP contribution in [-0.2, 0) is 5.54 Å². The number of rotatable bonds is 2. The molecule has 0 bridgehead atoms. The van der Waals surface area contributed by atoms with Gasteiger partial charge in [-0.3, -0.25) is 0 Å². The first-order valence-corrected chi connectivity index (χ1v) is 3.52. The van der Waals surface area contributed by atoms with E-state index in [1.54, 1.807) is 13.2 Å². The first-order chi connectivity index (χ1) is 5.08. The molecule has 3 heteroatoms. The second kappa shape index (κ2) is 2.68. The molecule has 1 heterocycles. The van der Waals surface area contributed by atoms with Gasteiger partial charge >= 0.3 is 0 Å². The molecule has 11 heavy (non-hydrogen) atoms. The van der Waals surface area contributed by atoms with Gasteiger partial charge in [-0.1, -0.05) is 0 Å². The van der Waals surface area contributed by atoms with Crippen molar-refractivity contribution in [3.63, 3.8) is 0 Å². The second-order valence-corrected chi connectivity index (χ2v) is 3.01. The Kier molecular flexibility index (Phi) is 2.02. The highest BCUT2D eigenvalue weighted by Crippen LogP contribution is 2.21. The molecule has 1 aromatic heterocycles. The van der Waals surface area contributed by atoms with Crippen LogP contribution in [-0.4, -0.2) is 11.7 Å². The van der Waals surface area contributed by atoms with Crippen LogP contribution in [0.3, 0.4) is 0 Å². The van der Waals surface area contributed by atoms with Gasteiger partial charge in [0.15, 0.2) is 0 Å². The van der Waals surface area contributed by atoms with E-state index in [1.807, 2.05) is 13.0 Å². The number of hydrogen-bond acceptors (Lipinski definition) is 3. The maximum atomic E-state index is 8.91. The summed E-state index contributed by atoms with van der Waals surface area (Å²) in [6.07, 6.45) is 1.57. The van der Waals surface area contributed by atoms with Crippen molar-refractivity contribution >= 4 is 0 Å². The van der Waals surface area contributed by atoms with Crippen molar-refractivity contribution in [1.29, 1.82) is 0 Å². The fourth-order valence-electron chi connectivity index (χ4n) is 1.03. The van der Waals surface area contributed by atoms with Crippen LogP contribution in [0.5, 0.6) is 0 Å². The zero-order valence-corrected chi connectivity index (χ0v) is 6.79. The maximum Gasteiger partial charge on any atom is 0.128 e. The average Bonchev–Trinajstić information content (AvgIpc) is 2.36. The maximum absolute atomic E-state index is 8.91. The van der Waals surface area contributed by atoms with E-state index in [2.05, 4.69) is 0 Å². The summed E-state index contributed by atoms with van der Waals surface area (Å²) in [7, 11) is 0. The first-order valence-electron chi connectivity index (χ1n) is 3.52. The van der Waals surface area contributed by atoms with E-state index in [1.165, 1.54) is 0 Å². The van der Waals surface area contributed by atoms with Crippen molar-refractivity contribution in [3.8, 4) is 0 Å². The summed E-state index contributed by atoms with van der Waals surface area (Å²) in [4.78, 5) is 0. The molecule has 0 saturated heterocycles. The zero-order valence-electron chi connectivity index (χ0n) is 6.79. The quantitative estimate of drug-likeness (QED) is 0.662. The molecule has 0 fully saturated rings. The Bertz CT molecular complexity index is 240. The minimum Gasteiger partial charge on any atom is -0.467 e. The fourth-order valence-corrected chi connectivity index (χ4v) is 1.03. The Morgan fingerprint density at radius 3 is 2.73 bits per heavy atom. The third kappa shape index (κ3) is 1.44. The molecule has 0 aliphatic carbocycles. The monoisotopic (exact) mass is 155 g/mol. The molecule has 62 valence electrons. The van der Waals surface area contributed by atoms with E-state index in [4.69, 9.17) is 15.3 Å². The number of nitrogens with two attached hydrogens (primary N) is 1. The number of aliphatic hydroxyl groups excluding tert-OH is 1. The summed E-state index contributed by atoms with van der Waals surface area (Å²) in [5, 5.41) is 8.91. The average molecular weight is 155 g/mol. The van der Waals surface area contributed by atoms with Crippen LogP contribution in [0.1, 0.15) is 18.2 Å². The van der Waals surface area contributed by atoms with E-state index in [9.17, 15) is 0 Å². The van der Waals surface area contributed by atoms with Gasteiger partial charge in [-0.05, 0) is 25.5 Å². The fraction of sp³-hybridized carbons (Fsp3) is 0.500. The molecule has 1 aromatic rings. The lowest BCUT2D eigenvalue weighted by Crippen LogP contribution is -2.37. The van der Waals surface area contributed by atoms with E-state index in [0.29, 0.717) is 5.76 Å². The minimum absolute atomic E-state index is 0.110. The third-order valence-electron chi connectivity index (χ3n) is 1.71. The predicted molar refractivity (Wildman–Crippen MR) is 42.1 cm³/mol. The van der Waals surface area contributed by atoms with Gasteiger partial charge in [0.2, 0.25) is 0 Å².